The molecule has 0 saturated carbocycles. The minimum Gasteiger partial charge on any atom is -0.455 e. The van der Waals surface area contributed by atoms with Crippen LogP contribution in [0.15, 0.2) is 30.3 Å². The van der Waals surface area contributed by atoms with Crippen molar-refractivity contribution in [1.29, 1.82) is 0 Å². The van der Waals surface area contributed by atoms with Crippen LogP contribution in [-0.2, 0) is 38.0 Å². The summed E-state index contributed by atoms with van der Waals surface area (Å²) < 4.78 is 36.7. The predicted molar refractivity (Wildman–Crippen MR) is 275 cm³/mol. The predicted octanol–water partition coefficient (Wildman–Crippen LogP) is 14.6. The summed E-state index contributed by atoms with van der Waals surface area (Å²) in [5.74, 6) is 24.2. The molecule has 0 spiro atoms. The van der Waals surface area contributed by atoms with Gasteiger partial charge < -0.3 is 28.4 Å². The second-order valence-corrected chi connectivity index (χ2v) is 18.8. The average Bonchev–Trinajstić information content (AvgIpc) is 3.35. The maximum atomic E-state index is 13.5. The Morgan fingerprint density at radius 3 is 1.29 bits per heavy atom. The van der Waals surface area contributed by atoms with Crippen molar-refractivity contribution in [1.82, 2.24) is 0 Å². The van der Waals surface area contributed by atoms with Crippen LogP contribution in [-0.4, -0.2) is 56.4 Å². The zero-order chi connectivity index (χ0) is 48.4. The standard InChI is InChI=1S/C60H90O8/c1-4-6-8-10-12-14-16-18-20-22-24-26-28-30-32-34-36-38-40-45-49-54(61)66-57-56-53(51-64-59(68-56)52-47-43-42-44-48-52)65-60(63-3)58(57)67-55(62)50-46-41-39-37-35-33-31-29-27-25-23-21-19-17-15-13-11-9-7-5-2/h42-44,47-48,53,56-60H,4-21,30-41,45-46,49-51H2,1-3H3/t53-,56-,57+,58-,59-,60+/m1/s1. The number of methoxy groups -OCH3 is 1. The van der Waals surface area contributed by atoms with Gasteiger partial charge >= 0.3 is 11.9 Å². The van der Waals surface area contributed by atoms with E-state index >= 15 is 0 Å². The molecule has 3 rings (SSSR count). The number of unbranched alkanes of at least 4 members (excludes halogenated alkanes) is 28. The maximum Gasteiger partial charge on any atom is 0.306 e. The fourth-order valence-electron chi connectivity index (χ4n) is 8.70. The van der Waals surface area contributed by atoms with Gasteiger partial charge in [-0.2, -0.15) is 0 Å². The normalized spacial score (nSPS) is 19.4. The second kappa shape index (κ2) is 41.1. The van der Waals surface area contributed by atoms with Crippen molar-refractivity contribution >= 4 is 11.9 Å². The highest BCUT2D eigenvalue weighted by Crippen LogP contribution is 2.37. The summed E-state index contributed by atoms with van der Waals surface area (Å²) in [4.78, 5) is 26.8. The lowest BCUT2D eigenvalue weighted by molar-refractivity contribution is -0.359. The SMILES string of the molecule is CCCCCCCCCCC#CC#CCCCCCCCCC(=O)O[C@@H]1[C@@H](OC(=O)CCCCCCCCC#CC#CCCCCCCCCCC)[C@@H](OC)O[C@@H]2CO[C@@H](c3ccccc3)O[C@@H]12. The van der Waals surface area contributed by atoms with Crippen LogP contribution in [0.5, 0.6) is 0 Å². The Kier molecular flexibility index (Phi) is 35.4. The number of carbonyl (C=O) groups is 2. The van der Waals surface area contributed by atoms with E-state index in [2.05, 4.69) is 61.2 Å². The van der Waals surface area contributed by atoms with E-state index < -0.39 is 37.0 Å². The third-order valence-electron chi connectivity index (χ3n) is 12.8. The second-order valence-electron chi connectivity index (χ2n) is 18.8. The Morgan fingerprint density at radius 2 is 0.882 bits per heavy atom. The summed E-state index contributed by atoms with van der Waals surface area (Å²) in [6.07, 6.45) is 32.2. The molecule has 68 heavy (non-hydrogen) atoms. The average molecular weight is 939 g/mol. The molecule has 2 fully saturated rings. The molecule has 8 heteroatoms. The molecule has 0 unspecified atom stereocenters. The van der Waals surface area contributed by atoms with Crippen molar-refractivity contribution in [3.8, 4) is 47.4 Å². The first-order valence-corrected chi connectivity index (χ1v) is 27.4. The molecule has 8 nitrogen and oxygen atoms in total. The molecule has 0 radical (unpaired) electrons. The first-order valence-electron chi connectivity index (χ1n) is 27.4. The van der Waals surface area contributed by atoms with Gasteiger partial charge in [0.1, 0.15) is 12.2 Å². The minimum atomic E-state index is -0.993. The molecule has 2 saturated heterocycles. The topological polar surface area (TPSA) is 89.5 Å². The molecule has 0 aromatic heterocycles. The van der Waals surface area contributed by atoms with Gasteiger partial charge in [-0.05, 0) is 62.2 Å². The van der Waals surface area contributed by atoms with Crippen LogP contribution >= 0.6 is 0 Å². The fourth-order valence-corrected chi connectivity index (χ4v) is 8.70. The van der Waals surface area contributed by atoms with Crippen LogP contribution in [0.1, 0.15) is 244 Å². The van der Waals surface area contributed by atoms with E-state index in [4.69, 9.17) is 28.4 Å². The number of ether oxygens (including phenoxy) is 6. The molecule has 6 atom stereocenters. The highest BCUT2D eigenvalue weighted by atomic mass is 16.8. The van der Waals surface area contributed by atoms with Crippen LogP contribution in [0.25, 0.3) is 0 Å². The Hall–Kier alpha value is -3.76. The van der Waals surface area contributed by atoms with E-state index in [0.29, 0.717) is 12.8 Å². The number of hydrogen-bond donors (Lipinski definition) is 0. The molecular weight excluding hydrogens is 849 g/mol. The molecule has 2 heterocycles. The lowest BCUT2D eigenvalue weighted by atomic mass is 9.97. The van der Waals surface area contributed by atoms with E-state index in [1.807, 2.05) is 30.3 Å². The fraction of sp³-hybridized carbons (Fsp3) is 0.733. The Morgan fingerprint density at radius 1 is 0.500 bits per heavy atom. The van der Waals surface area contributed by atoms with Gasteiger partial charge in [-0.3, -0.25) is 9.59 Å². The van der Waals surface area contributed by atoms with Crippen molar-refractivity contribution < 1.29 is 38.0 Å². The van der Waals surface area contributed by atoms with Gasteiger partial charge in [-0.1, -0.05) is 209 Å². The van der Waals surface area contributed by atoms with Gasteiger partial charge in [0.15, 0.2) is 24.8 Å². The summed E-state index contributed by atoms with van der Waals surface area (Å²) in [5, 5.41) is 0. The summed E-state index contributed by atoms with van der Waals surface area (Å²) in [7, 11) is 1.50. The summed E-state index contributed by atoms with van der Waals surface area (Å²) in [5.41, 5.74) is 0.838. The minimum absolute atomic E-state index is 0.206. The Balaban J connectivity index is 1.35. The first kappa shape index (κ1) is 58.6. The van der Waals surface area contributed by atoms with Crippen LogP contribution < -0.4 is 0 Å². The Labute approximate surface area is 414 Å². The van der Waals surface area contributed by atoms with Gasteiger partial charge in [0.25, 0.3) is 0 Å². The molecule has 0 N–H and O–H groups in total. The van der Waals surface area contributed by atoms with Gasteiger partial charge in [0, 0.05) is 51.2 Å². The van der Waals surface area contributed by atoms with Crippen molar-refractivity contribution in [2.45, 2.75) is 269 Å². The number of fused-ring (bicyclic) bond motifs is 1. The van der Waals surface area contributed by atoms with Crippen LogP contribution in [0.2, 0.25) is 0 Å². The van der Waals surface area contributed by atoms with E-state index in [1.165, 1.54) is 110 Å². The number of hydrogen-bond acceptors (Lipinski definition) is 8. The van der Waals surface area contributed by atoms with Gasteiger partial charge in [0.2, 0.25) is 0 Å². The van der Waals surface area contributed by atoms with Crippen molar-refractivity contribution in [3.05, 3.63) is 35.9 Å². The van der Waals surface area contributed by atoms with E-state index in [9.17, 15) is 9.59 Å². The van der Waals surface area contributed by atoms with Crippen LogP contribution in [0.4, 0.5) is 0 Å². The molecule has 1 aromatic carbocycles. The number of carbonyl (C=O) groups excluding carboxylic acids is 2. The number of benzene rings is 1. The molecule has 0 bridgehead atoms. The summed E-state index contributed by atoms with van der Waals surface area (Å²) in [6, 6.07) is 9.63. The summed E-state index contributed by atoms with van der Waals surface area (Å²) in [6.45, 7) is 4.72. The smallest absolute Gasteiger partial charge is 0.306 e. The van der Waals surface area contributed by atoms with E-state index in [0.717, 1.165) is 95.5 Å². The van der Waals surface area contributed by atoms with Gasteiger partial charge in [-0.25, -0.2) is 0 Å². The summed E-state index contributed by atoms with van der Waals surface area (Å²) >= 11 is 0. The third-order valence-corrected chi connectivity index (χ3v) is 12.8. The largest absolute Gasteiger partial charge is 0.455 e. The number of esters is 2. The van der Waals surface area contributed by atoms with Crippen molar-refractivity contribution in [2.75, 3.05) is 13.7 Å². The maximum absolute atomic E-state index is 13.5. The lowest BCUT2D eigenvalue weighted by Gasteiger charge is -2.47. The highest BCUT2D eigenvalue weighted by Gasteiger charge is 2.54. The molecular formula is C60H90O8. The van der Waals surface area contributed by atoms with Crippen molar-refractivity contribution in [2.24, 2.45) is 0 Å². The number of rotatable bonds is 36. The lowest BCUT2D eigenvalue weighted by Crippen LogP contribution is -2.64. The van der Waals surface area contributed by atoms with Crippen LogP contribution in [0.3, 0.4) is 0 Å². The first-order chi connectivity index (χ1) is 33.6. The molecule has 378 valence electrons. The zero-order valence-electron chi connectivity index (χ0n) is 42.9. The van der Waals surface area contributed by atoms with Crippen molar-refractivity contribution in [3.63, 3.8) is 0 Å². The quantitative estimate of drug-likeness (QED) is 0.0373. The third kappa shape index (κ3) is 28.0. The van der Waals surface area contributed by atoms with E-state index in [1.54, 1.807) is 0 Å². The van der Waals surface area contributed by atoms with E-state index in [-0.39, 0.29) is 31.4 Å². The molecule has 0 amide bonds. The molecule has 1 aromatic rings. The Bertz CT molecular complexity index is 1700. The molecule has 0 aliphatic carbocycles. The van der Waals surface area contributed by atoms with Gasteiger partial charge in [-0.15, -0.1) is 0 Å². The van der Waals surface area contributed by atoms with Crippen LogP contribution in [0, 0.1) is 47.4 Å². The monoisotopic (exact) mass is 939 g/mol. The highest BCUT2D eigenvalue weighted by molar-refractivity contribution is 5.70. The molecule has 2 aliphatic heterocycles. The van der Waals surface area contributed by atoms with Gasteiger partial charge in [0.05, 0.1) is 6.61 Å². The molecule has 2 aliphatic rings. The zero-order valence-corrected chi connectivity index (χ0v) is 42.9.